The number of hydrogen-bond acceptors (Lipinski definition) is 8. The van der Waals surface area contributed by atoms with Crippen LogP contribution in [-0.2, 0) is 22.4 Å². The maximum Gasteiger partial charge on any atom is 0.415 e. The molecule has 8 rings (SSSR count). The Morgan fingerprint density at radius 1 is 0.893 bits per heavy atom. The second kappa shape index (κ2) is 17.2. The molecule has 0 spiro atoms. The Kier molecular flexibility index (Phi) is 11.9. The van der Waals surface area contributed by atoms with Crippen LogP contribution in [0, 0.1) is 16.9 Å². The normalized spacial score (nSPS) is 17.8. The molecule has 1 aromatic heterocycles. The van der Waals surface area contributed by atoms with Gasteiger partial charge in [-0.15, -0.1) is 0 Å². The van der Waals surface area contributed by atoms with Crippen molar-refractivity contribution in [1.82, 2.24) is 4.90 Å². The summed E-state index contributed by atoms with van der Waals surface area (Å²) in [6.45, 7) is 2.80. The lowest BCUT2D eigenvalue weighted by atomic mass is 9.86. The van der Waals surface area contributed by atoms with Crippen molar-refractivity contribution in [2.75, 3.05) is 38.8 Å². The maximum absolute atomic E-state index is 15.1. The van der Waals surface area contributed by atoms with Crippen LogP contribution in [0.5, 0.6) is 11.5 Å². The van der Waals surface area contributed by atoms with E-state index in [9.17, 15) is 14.8 Å². The number of pyridine rings is 1. The number of esters is 1. The lowest BCUT2D eigenvalue weighted by molar-refractivity contribution is -0.605. The molecule has 5 aromatic rings. The minimum Gasteiger partial charge on any atom is -0.619 e. The molecule has 4 heterocycles. The van der Waals surface area contributed by atoms with Crippen molar-refractivity contribution in [1.29, 1.82) is 0 Å². The molecule has 2 bridgehead atoms. The van der Waals surface area contributed by atoms with Gasteiger partial charge >= 0.3 is 12.1 Å². The smallest absolute Gasteiger partial charge is 0.415 e. The molecule has 4 aromatic carbocycles. The van der Waals surface area contributed by atoms with Gasteiger partial charge in [-0.3, -0.25) is 9.80 Å². The monoisotopic (exact) mass is 799 g/mol. The van der Waals surface area contributed by atoms with Gasteiger partial charge in [-0.05, 0) is 90.5 Å². The number of carbonyl (C=O) groups excluding carboxylic acids is 2. The Morgan fingerprint density at radius 2 is 1.61 bits per heavy atom. The summed E-state index contributed by atoms with van der Waals surface area (Å²) in [5, 5.41) is 12.2. The molecule has 2 atom stereocenters. The van der Waals surface area contributed by atoms with Crippen molar-refractivity contribution in [2.24, 2.45) is 5.92 Å². The quantitative estimate of drug-likeness (QED) is 0.0701. The molecule has 3 fully saturated rings. The van der Waals surface area contributed by atoms with E-state index in [1.807, 2.05) is 30.3 Å². The highest BCUT2D eigenvalue weighted by molar-refractivity contribution is 6.35. The van der Waals surface area contributed by atoms with E-state index in [2.05, 4.69) is 4.90 Å². The molecule has 3 aliphatic rings. The van der Waals surface area contributed by atoms with Crippen molar-refractivity contribution < 1.29 is 37.7 Å². The highest BCUT2D eigenvalue weighted by Crippen LogP contribution is 2.36. The lowest BCUT2D eigenvalue weighted by Crippen LogP contribution is -2.53. The molecular formula is C43H40Cl2FN3O7. The van der Waals surface area contributed by atoms with Gasteiger partial charge in [-0.25, -0.2) is 14.0 Å². The highest BCUT2D eigenvalue weighted by atomic mass is 35.5. The first-order chi connectivity index (χ1) is 27.1. The topological polar surface area (TPSA) is 104 Å². The molecule has 0 radical (unpaired) electrons. The summed E-state index contributed by atoms with van der Waals surface area (Å²) in [7, 11) is 3.03. The Bertz CT molecular complexity index is 2190. The number of ether oxygens (including phenoxy) is 4. The SMILES string of the molecule is COc1ccc([C@H](Cc2c(Cl)c[n+]([O-])cc2Cl)OC(=O)c2cccc(-c3ccc(CN(C(=O)O[C@H]4CN5CCC4CC5)c4ccccc4F)cc3)c2)cc1OC. The Labute approximate surface area is 334 Å². The zero-order chi connectivity index (χ0) is 39.3. The average molecular weight is 801 g/mol. The Hall–Kier alpha value is -5.36. The van der Waals surface area contributed by atoms with Gasteiger partial charge in [0.2, 0.25) is 0 Å². The first-order valence-corrected chi connectivity index (χ1v) is 19.0. The van der Waals surface area contributed by atoms with E-state index in [1.54, 1.807) is 54.6 Å². The molecule has 290 valence electrons. The number of rotatable bonds is 12. The molecule has 56 heavy (non-hydrogen) atoms. The third-order valence-electron chi connectivity index (χ3n) is 10.4. The van der Waals surface area contributed by atoms with Crippen LogP contribution in [0.1, 0.15) is 46.0 Å². The predicted molar refractivity (Wildman–Crippen MR) is 211 cm³/mol. The van der Waals surface area contributed by atoms with E-state index in [0.29, 0.717) is 45.4 Å². The number of halogens is 3. The zero-order valence-electron chi connectivity index (χ0n) is 30.8. The third-order valence-corrected chi connectivity index (χ3v) is 11.1. The number of nitrogens with zero attached hydrogens (tertiary/aromatic N) is 3. The van der Waals surface area contributed by atoms with E-state index in [0.717, 1.165) is 42.6 Å². The molecule has 3 saturated heterocycles. The maximum atomic E-state index is 15.1. The number of methoxy groups -OCH3 is 2. The minimum atomic E-state index is -0.877. The number of para-hydroxylation sites is 1. The summed E-state index contributed by atoms with van der Waals surface area (Å²) in [4.78, 5) is 31.1. The van der Waals surface area contributed by atoms with Crippen LogP contribution < -0.4 is 19.1 Å². The van der Waals surface area contributed by atoms with Crippen LogP contribution in [0.4, 0.5) is 14.9 Å². The predicted octanol–water partition coefficient (Wildman–Crippen LogP) is 8.83. The summed E-state index contributed by atoms with van der Waals surface area (Å²) < 4.78 is 38.6. The fraction of sp³-hybridized carbons (Fsp3) is 0.279. The second-order valence-corrected chi connectivity index (χ2v) is 14.7. The van der Waals surface area contributed by atoms with E-state index >= 15 is 4.39 Å². The largest absolute Gasteiger partial charge is 0.619 e. The molecule has 0 unspecified atom stereocenters. The average Bonchev–Trinajstić information content (AvgIpc) is 3.21. The van der Waals surface area contributed by atoms with Gasteiger partial charge < -0.3 is 24.2 Å². The molecule has 10 nitrogen and oxygen atoms in total. The summed E-state index contributed by atoms with van der Waals surface area (Å²) >= 11 is 12.8. The van der Waals surface area contributed by atoms with E-state index in [1.165, 1.54) is 37.6 Å². The van der Waals surface area contributed by atoms with Crippen LogP contribution in [0.2, 0.25) is 10.0 Å². The summed E-state index contributed by atoms with van der Waals surface area (Å²) in [5.74, 6) is 0.114. The molecule has 13 heteroatoms. The van der Waals surface area contributed by atoms with Gasteiger partial charge in [0.15, 0.2) is 23.9 Å². The number of carbonyl (C=O) groups is 2. The van der Waals surface area contributed by atoms with Crippen molar-refractivity contribution >= 4 is 41.0 Å². The summed E-state index contributed by atoms with van der Waals surface area (Å²) in [6.07, 6.45) is 2.72. The van der Waals surface area contributed by atoms with Gasteiger partial charge in [-0.2, -0.15) is 4.73 Å². The van der Waals surface area contributed by atoms with Gasteiger partial charge in [0.05, 0.1) is 32.0 Å². The number of aromatic nitrogens is 1. The Balaban J connectivity index is 1.10. The Morgan fingerprint density at radius 3 is 2.27 bits per heavy atom. The number of fused-ring (bicyclic) bond motifs is 3. The number of benzene rings is 4. The summed E-state index contributed by atoms with van der Waals surface area (Å²) in [6, 6.07) is 25.8. The van der Waals surface area contributed by atoms with Crippen LogP contribution in [0.15, 0.2) is 103 Å². The van der Waals surface area contributed by atoms with E-state index in [4.69, 9.17) is 42.1 Å². The molecule has 3 aliphatic heterocycles. The van der Waals surface area contributed by atoms with Crippen molar-refractivity contribution in [2.45, 2.75) is 38.0 Å². The number of anilines is 1. The van der Waals surface area contributed by atoms with E-state index in [-0.39, 0.29) is 34.8 Å². The lowest BCUT2D eigenvalue weighted by Gasteiger charge is -2.44. The standard InChI is InChI=1S/C43H40Cl2FN3O7/c1-53-38-15-14-31(21-40(38)54-2)39(22-33-34(44)24-48(52)25-35(33)45)55-42(50)32-7-5-6-30(20-32)28-12-10-27(11-13-28)23-49(37-9-4-3-8-36(37)46)43(51)56-41-26-47-18-16-29(41)17-19-47/h3-15,20-21,24-25,29,39,41H,16-19,22-23,26H2,1-2H3/t39-,41-/m0/s1. The molecule has 0 N–H and O–H groups in total. The van der Waals surface area contributed by atoms with Crippen LogP contribution in [-0.4, -0.2) is 56.9 Å². The van der Waals surface area contributed by atoms with Crippen molar-refractivity contribution in [3.05, 3.63) is 147 Å². The molecular weight excluding hydrogens is 760 g/mol. The van der Waals surface area contributed by atoms with Crippen LogP contribution >= 0.6 is 23.2 Å². The van der Waals surface area contributed by atoms with Gasteiger partial charge in [0, 0.05) is 18.5 Å². The fourth-order valence-electron chi connectivity index (χ4n) is 7.36. The minimum absolute atomic E-state index is 0.0675. The van der Waals surface area contributed by atoms with Gasteiger partial charge in [-0.1, -0.05) is 77.8 Å². The molecule has 1 amide bonds. The van der Waals surface area contributed by atoms with Crippen LogP contribution in [0.25, 0.3) is 11.1 Å². The fourth-order valence-corrected chi connectivity index (χ4v) is 7.95. The summed E-state index contributed by atoms with van der Waals surface area (Å²) in [5.41, 5.74) is 3.77. The van der Waals surface area contributed by atoms with Gasteiger partial charge in [0.1, 0.15) is 28.1 Å². The van der Waals surface area contributed by atoms with E-state index < -0.39 is 24.0 Å². The number of hydrogen-bond donors (Lipinski definition) is 0. The van der Waals surface area contributed by atoms with Gasteiger partial charge in [0.25, 0.3) is 0 Å². The molecule has 0 aliphatic carbocycles. The second-order valence-electron chi connectivity index (χ2n) is 13.9. The van der Waals surface area contributed by atoms with Crippen molar-refractivity contribution in [3.8, 4) is 22.6 Å². The number of piperidine rings is 3. The first kappa shape index (κ1) is 38.9. The number of amides is 1. The first-order valence-electron chi connectivity index (χ1n) is 18.2. The van der Waals surface area contributed by atoms with Crippen molar-refractivity contribution in [3.63, 3.8) is 0 Å². The zero-order valence-corrected chi connectivity index (χ0v) is 32.3. The third kappa shape index (κ3) is 8.70. The van der Waals surface area contributed by atoms with Crippen LogP contribution in [0.3, 0.4) is 0 Å². The molecule has 0 saturated carbocycles. The highest BCUT2D eigenvalue weighted by Gasteiger charge is 2.38.